The van der Waals surface area contributed by atoms with Crippen LogP contribution in [0, 0.1) is 0 Å². The molecule has 1 fully saturated rings. The van der Waals surface area contributed by atoms with Gasteiger partial charge in [-0.1, -0.05) is 30.3 Å². The Balaban J connectivity index is 1.58. The van der Waals surface area contributed by atoms with Crippen molar-refractivity contribution < 1.29 is 4.74 Å². The third kappa shape index (κ3) is 4.53. The molecule has 0 spiro atoms. The number of hydrogen-bond donors (Lipinski definition) is 1. The first-order valence-electron chi connectivity index (χ1n) is 9.06. The summed E-state index contributed by atoms with van der Waals surface area (Å²) < 4.78 is 5.42. The number of nitrogens with zero attached hydrogens (tertiary/aromatic N) is 2. The van der Waals surface area contributed by atoms with Gasteiger partial charge in [-0.3, -0.25) is 0 Å². The summed E-state index contributed by atoms with van der Waals surface area (Å²) in [6, 6.07) is 17.5. The summed E-state index contributed by atoms with van der Waals surface area (Å²) in [7, 11) is 3.91. The maximum atomic E-state index is 5.42. The number of hydrogen-bond acceptors (Lipinski definition) is 4. The van der Waals surface area contributed by atoms with Crippen LogP contribution >= 0.6 is 0 Å². The van der Waals surface area contributed by atoms with Crippen LogP contribution in [0.2, 0.25) is 0 Å². The van der Waals surface area contributed by atoms with Crippen LogP contribution in [0.15, 0.2) is 48.5 Å². The molecule has 1 aliphatic heterocycles. The SMILES string of the molecule is COc1ccccc1CN[C@H](C)c1ccc(N2CCN(C)CC2)cc1. The minimum atomic E-state index is 0.298. The van der Waals surface area contributed by atoms with Crippen molar-refractivity contribution in [1.82, 2.24) is 10.2 Å². The van der Waals surface area contributed by atoms with Crippen molar-refractivity contribution in [3.05, 3.63) is 59.7 Å². The summed E-state index contributed by atoms with van der Waals surface area (Å²) in [6.07, 6.45) is 0. The summed E-state index contributed by atoms with van der Waals surface area (Å²) in [4.78, 5) is 4.85. The number of ether oxygens (including phenoxy) is 1. The molecule has 1 aliphatic rings. The van der Waals surface area contributed by atoms with Crippen molar-refractivity contribution in [3.8, 4) is 5.75 Å². The van der Waals surface area contributed by atoms with Gasteiger partial charge in [-0.15, -0.1) is 0 Å². The molecule has 0 amide bonds. The van der Waals surface area contributed by atoms with E-state index in [4.69, 9.17) is 4.74 Å². The fourth-order valence-electron chi connectivity index (χ4n) is 3.27. The van der Waals surface area contributed by atoms with Gasteiger partial charge in [0.05, 0.1) is 7.11 Å². The predicted octanol–water partition coefficient (Wildman–Crippen LogP) is 3.30. The van der Waals surface area contributed by atoms with E-state index in [2.05, 4.69) is 65.5 Å². The highest BCUT2D eigenvalue weighted by Gasteiger charge is 2.14. The third-order valence-corrected chi connectivity index (χ3v) is 5.05. The maximum Gasteiger partial charge on any atom is 0.123 e. The van der Waals surface area contributed by atoms with E-state index < -0.39 is 0 Å². The molecule has 4 heteroatoms. The lowest BCUT2D eigenvalue weighted by molar-refractivity contribution is 0.313. The minimum Gasteiger partial charge on any atom is -0.496 e. The van der Waals surface area contributed by atoms with Crippen molar-refractivity contribution in [3.63, 3.8) is 0 Å². The highest BCUT2D eigenvalue weighted by molar-refractivity contribution is 5.48. The Labute approximate surface area is 151 Å². The molecule has 0 saturated carbocycles. The zero-order chi connectivity index (χ0) is 17.6. The molecular weight excluding hydrogens is 310 g/mol. The molecule has 0 radical (unpaired) electrons. The predicted molar refractivity (Wildman–Crippen MR) is 104 cm³/mol. The van der Waals surface area contributed by atoms with Crippen molar-refractivity contribution in [2.45, 2.75) is 19.5 Å². The number of benzene rings is 2. The molecule has 0 aromatic heterocycles. The van der Waals surface area contributed by atoms with Crippen molar-refractivity contribution in [2.24, 2.45) is 0 Å². The van der Waals surface area contributed by atoms with E-state index in [1.54, 1.807) is 7.11 Å². The Hall–Kier alpha value is -2.04. The molecule has 1 saturated heterocycles. The first-order chi connectivity index (χ1) is 12.2. The maximum absolute atomic E-state index is 5.42. The lowest BCUT2D eigenvalue weighted by atomic mass is 10.1. The Morgan fingerprint density at radius 1 is 1.00 bits per heavy atom. The normalized spacial score (nSPS) is 16.7. The fourth-order valence-corrected chi connectivity index (χ4v) is 3.27. The van der Waals surface area contributed by atoms with Gasteiger partial charge in [-0.05, 0) is 37.7 Å². The van der Waals surface area contributed by atoms with Crippen LogP contribution < -0.4 is 15.0 Å². The molecule has 0 bridgehead atoms. The Morgan fingerprint density at radius 2 is 1.68 bits per heavy atom. The number of rotatable bonds is 6. The second kappa shape index (κ2) is 8.37. The van der Waals surface area contributed by atoms with Gasteiger partial charge in [-0.25, -0.2) is 0 Å². The summed E-state index contributed by atoms with van der Waals surface area (Å²) in [5.41, 5.74) is 3.83. The Morgan fingerprint density at radius 3 is 2.36 bits per heavy atom. The van der Waals surface area contributed by atoms with Gasteiger partial charge >= 0.3 is 0 Å². The molecule has 0 aliphatic carbocycles. The van der Waals surface area contributed by atoms with E-state index in [9.17, 15) is 0 Å². The summed E-state index contributed by atoms with van der Waals surface area (Å²) >= 11 is 0. The van der Waals surface area contributed by atoms with Crippen molar-refractivity contribution in [2.75, 3.05) is 45.2 Å². The standard InChI is InChI=1S/C21H29N3O/c1-17(22-16-19-6-4-5-7-21(19)25-3)18-8-10-20(11-9-18)24-14-12-23(2)13-15-24/h4-11,17,22H,12-16H2,1-3H3/t17-/m1/s1. The Bertz CT molecular complexity index is 663. The molecule has 1 heterocycles. The molecule has 2 aromatic rings. The van der Waals surface area contributed by atoms with Crippen LogP contribution in [0.3, 0.4) is 0 Å². The summed E-state index contributed by atoms with van der Waals surface area (Å²) in [5.74, 6) is 0.938. The molecule has 0 unspecified atom stereocenters. The Kier molecular flexibility index (Phi) is 5.95. The average molecular weight is 339 g/mol. The molecule has 134 valence electrons. The number of nitrogens with one attached hydrogen (secondary N) is 1. The molecule has 4 nitrogen and oxygen atoms in total. The second-order valence-electron chi connectivity index (χ2n) is 6.80. The molecule has 25 heavy (non-hydrogen) atoms. The van der Waals surface area contributed by atoms with Crippen LogP contribution in [-0.2, 0) is 6.54 Å². The third-order valence-electron chi connectivity index (χ3n) is 5.05. The minimum absolute atomic E-state index is 0.298. The zero-order valence-electron chi connectivity index (χ0n) is 15.5. The number of piperazine rings is 1. The van der Waals surface area contributed by atoms with Gasteiger partial charge in [0, 0.05) is 50.0 Å². The van der Waals surface area contributed by atoms with Crippen molar-refractivity contribution in [1.29, 1.82) is 0 Å². The van der Waals surface area contributed by atoms with Gasteiger partial charge < -0.3 is 19.9 Å². The largest absolute Gasteiger partial charge is 0.496 e. The van der Waals surface area contributed by atoms with E-state index in [-0.39, 0.29) is 0 Å². The zero-order valence-corrected chi connectivity index (χ0v) is 15.5. The van der Waals surface area contributed by atoms with Gasteiger partial charge in [0.25, 0.3) is 0 Å². The van der Waals surface area contributed by atoms with E-state index in [1.807, 2.05) is 12.1 Å². The smallest absolute Gasteiger partial charge is 0.123 e. The number of methoxy groups -OCH3 is 1. The molecular formula is C21H29N3O. The van der Waals surface area contributed by atoms with Crippen LogP contribution in [0.1, 0.15) is 24.1 Å². The number of likely N-dealkylation sites (N-methyl/N-ethyl adjacent to an activating group) is 1. The lowest BCUT2D eigenvalue weighted by Gasteiger charge is -2.34. The monoisotopic (exact) mass is 339 g/mol. The molecule has 1 N–H and O–H groups in total. The first kappa shape index (κ1) is 17.8. The highest BCUT2D eigenvalue weighted by atomic mass is 16.5. The van der Waals surface area contributed by atoms with Crippen molar-refractivity contribution >= 4 is 5.69 Å². The van der Waals surface area contributed by atoms with E-state index >= 15 is 0 Å². The lowest BCUT2D eigenvalue weighted by Crippen LogP contribution is -2.44. The number of para-hydroxylation sites is 1. The van der Waals surface area contributed by atoms with Gasteiger partial charge in [0.15, 0.2) is 0 Å². The molecule has 2 aromatic carbocycles. The highest BCUT2D eigenvalue weighted by Crippen LogP contribution is 2.22. The van der Waals surface area contributed by atoms with Gasteiger partial charge in [0.2, 0.25) is 0 Å². The van der Waals surface area contributed by atoms with Crippen LogP contribution in [0.25, 0.3) is 0 Å². The average Bonchev–Trinajstić information content (AvgIpc) is 2.67. The van der Waals surface area contributed by atoms with E-state index in [0.717, 1.165) is 38.5 Å². The van der Waals surface area contributed by atoms with Crippen LogP contribution in [0.5, 0.6) is 5.75 Å². The fraction of sp³-hybridized carbons (Fsp3) is 0.429. The molecule has 3 rings (SSSR count). The number of anilines is 1. The summed E-state index contributed by atoms with van der Waals surface area (Å²) in [5, 5.41) is 3.59. The van der Waals surface area contributed by atoms with Crippen LogP contribution in [-0.4, -0.2) is 45.2 Å². The second-order valence-corrected chi connectivity index (χ2v) is 6.80. The van der Waals surface area contributed by atoms with Crippen LogP contribution in [0.4, 0.5) is 5.69 Å². The quantitative estimate of drug-likeness (QED) is 0.874. The van der Waals surface area contributed by atoms with E-state index in [0.29, 0.717) is 6.04 Å². The van der Waals surface area contributed by atoms with E-state index in [1.165, 1.54) is 16.8 Å². The topological polar surface area (TPSA) is 27.7 Å². The molecule has 1 atom stereocenters. The summed E-state index contributed by atoms with van der Waals surface area (Å²) in [6.45, 7) is 7.50. The van der Waals surface area contributed by atoms with Gasteiger partial charge in [0.1, 0.15) is 5.75 Å². The van der Waals surface area contributed by atoms with Gasteiger partial charge in [-0.2, -0.15) is 0 Å². The first-order valence-corrected chi connectivity index (χ1v) is 9.06.